The lowest BCUT2D eigenvalue weighted by molar-refractivity contribution is -0.144. The number of carbonyl (C=O) groups excluding carboxylic acids is 1. The van der Waals surface area contributed by atoms with Crippen LogP contribution in [0.4, 0.5) is 0 Å². The molecule has 0 saturated heterocycles. The molecule has 2 aromatic rings. The summed E-state index contributed by atoms with van der Waals surface area (Å²) in [5.41, 5.74) is 0.711. The van der Waals surface area contributed by atoms with Crippen LogP contribution in [-0.4, -0.2) is 17.6 Å². The second kappa shape index (κ2) is 6.74. The zero-order valence-electron chi connectivity index (χ0n) is 12.0. The fraction of sp³-hybridized carbons (Fsp3) is 0.250. The Balaban J connectivity index is 2.09. The summed E-state index contributed by atoms with van der Waals surface area (Å²) in [6, 6.07) is 12.0. The molecule has 1 aromatic heterocycles. The first kappa shape index (κ1) is 14.8. The van der Waals surface area contributed by atoms with Crippen molar-refractivity contribution in [2.24, 2.45) is 0 Å². The lowest BCUT2D eigenvalue weighted by atomic mass is 10.2. The van der Waals surface area contributed by atoms with Gasteiger partial charge in [-0.25, -0.2) is 4.79 Å². The summed E-state index contributed by atoms with van der Waals surface area (Å²) in [7, 11) is 1.29. The van der Waals surface area contributed by atoms with Crippen molar-refractivity contribution < 1.29 is 14.3 Å². The van der Waals surface area contributed by atoms with E-state index in [1.54, 1.807) is 13.0 Å². The number of aromatic nitrogens is 1. The average Bonchev–Trinajstić information content (AvgIpc) is 2.52. The first-order chi connectivity index (χ1) is 10.1. The monoisotopic (exact) mass is 287 g/mol. The molecule has 0 aliphatic heterocycles. The van der Waals surface area contributed by atoms with E-state index in [0.717, 1.165) is 5.56 Å². The summed E-state index contributed by atoms with van der Waals surface area (Å²) in [5.74, 6) is 0.00669. The summed E-state index contributed by atoms with van der Waals surface area (Å²) >= 11 is 0. The highest BCUT2D eigenvalue weighted by molar-refractivity contribution is 5.73. The molecule has 0 aliphatic carbocycles. The number of benzene rings is 1. The number of rotatable bonds is 5. The molecule has 0 spiro atoms. The van der Waals surface area contributed by atoms with Crippen molar-refractivity contribution in [1.29, 1.82) is 0 Å². The maximum atomic E-state index is 12.0. The molecular formula is C16H17NO4. The molecule has 0 aliphatic rings. The van der Waals surface area contributed by atoms with Gasteiger partial charge in [0.2, 0.25) is 0 Å². The second-order valence-corrected chi connectivity index (χ2v) is 4.58. The molecule has 0 fully saturated rings. The van der Waals surface area contributed by atoms with E-state index >= 15 is 0 Å². The number of hydrogen-bond acceptors (Lipinski definition) is 4. The number of ether oxygens (including phenoxy) is 2. The first-order valence-electron chi connectivity index (χ1n) is 6.58. The van der Waals surface area contributed by atoms with Crippen LogP contribution in [0.2, 0.25) is 0 Å². The number of nitrogens with zero attached hydrogens (tertiary/aromatic N) is 1. The van der Waals surface area contributed by atoms with Crippen molar-refractivity contribution in [1.82, 2.24) is 4.57 Å². The smallest absolute Gasteiger partial charge is 0.328 e. The molecule has 1 atom stereocenters. The van der Waals surface area contributed by atoms with E-state index in [1.165, 1.54) is 23.9 Å². The highest BCUT2D eigenvalue weighted by Gasteiger charge is 2.16. The molecule has 0 saturated carbocycles. The van der Waals surface area contributed by atoms with Gasteiger partial charge in [-0.05, 0) is 18.6 Å². The molecule has 0 amide bonds. The summed E-state index contributed by atoms with van der Waals surface area (Å²) < 4.78 is 11.5. The predicted octanol–water partition coefficient (Wildman–Crippen LogP) is 2.16. The highest BCUT2D eigenvalue weighted by Crippen LogP contribution is 2.12. The summed E-state index contributed by atoms with van der Waals surface area (Å²) in [5, 5.41) is 0. The number of pyridine rings is 1. The van der Waals surface area contributed by atoms with Crippen LogP contribution in [-0.2, 0) is 16.1 Å². The first-order valence-corrected chi connectivity index (χ1v) is 6.58. The van der Waals surface area contributed by atoms with Crippen LogP contribution in [0.1, 0.15) is 18.5 Å². The van der Waals surface area contributed by atoms with Gasteiger partial charge in [-0.3, -0.25) is 4.79 Å². The summed E-state index contributed by atoms with van der Waals surface area (Å²) in [6.45, 7) is 1.99. The van der Waals surface area contributed by atoms with E-state index in [-0.39, 0.29) is 5.56 Å². The van der Waals surface area contributed by atoms with Crippen LogP contribution in [0.25, 0.3) is 0 Å². The van der Waals surface area contributed by atoms with E-state index in [0.29, 0.717) is 12.4 Å². The zero-order chi connectivity index (χ0) is 15.2. The van der Waals surface area contributed by atoms with Gasteiger partial charge < -0.3 is 14.0 Å². The molecule has 110 valence electrons. The lowest BCUT2D eigenvalue weighted by Crippen LogP contribution is -2.27. The molecule has 5 heteroatoms. The van der Waals surface area contributed by atoms with Crippen molar-refractivity contribution in [3.05, 3.63) is 64.6 Å². The Kier molecular flexibility index (Phi) is 4.77. The molecule has 21 heavy (non-hydrogen) atoms. The van der Waals surface area contributed by atoms with Gasteiger partial charge in [0, 0.05) is 12.3 Å². The Morgan fingerprint density at radius 3 is 2.57 bits per heavy atom. The maximum absolute atomic E-state index is 12.0. The fourth-order valence-corrected chi connectivity index (χ4v) is 1.91. The van der Waals surface area contributed by atoms with Crippen LogP contribution in [0.5, 0.6) is 5.75 Å². The van der Waals surface area contributed by atoms with E-state index in [2.05, 4.69) is 4.74 Å². The quantitative estimate of drug-likeness (QED) is 0.791. The van der Waals surface area contributed by atoms with Crippen LogP contribution >= 0.6 is 0 Å². The Morgan fingerprint density at radius 1 is 1.24 bits per heavy atom. The standard InChI is InChI=1S/C16H17NO4/c1-12(16(19)20-2)17-9-8-14(10-15(17)18)21-11-13-6-4-3-5-7-13/h3-10,12H,11H2,1-2H3. The van der Waals surface area contributed by atoms with Crippen molar-refractivity contribution >= 4 is 5.97 Å². The number of methoxy groups -OCH3 is 1. The molecule has 0 radical (unpaired) electrons. The third kappa shape index (κ3) is 3.72. The zero-order valence-corrected chi connectivity index (χ0v) is 12.0. The molecule has 1 heterocycles. The third-order valence-corrected chi connectivity index (χ3v) is 3.13. The van der Waals surface area contributed by atoms with Crippen LogP contribution in [0.15, 0.2) is 53.5 Å². The second-order valence-electron chi connectivity index (χ2n) is 4.58. The van der Waals surface area contributed by atoms with Crippen LogP contribution in [0, 0.1) is 0 Å². The van der Waals surface area contributed by atoms with Crippen LogP contribution in [0.3, 0.4) is 0 Å². The third-order valence-electron chi connectivity index (χ3n) is 3.13. The predicted molar refractivity (Wildman–Crippen MR) is 78.2 cm³/mol. The topological polar surface area (TPSA) is 57.5 Å². The minimum absolute atomic E-state index is 0.307. The van der Waals surface area contributed by atoms with E-state index in [9.17, 15) is 9.59 Å². The van der Waals surface area contributed by atoms with Gasteiger partial charge in [0.15, 0.2) is 0 Å². The number of carbonyl (C=O) groups is 1. The molecular weight excluding hydrogens is 270 g/mol. The SMILES string of the molecule is COC(=O)C(C)n1ccc(OCc2ccccc2)cc1=O. The number of esters is 1. The van der Waals surface area contributed by atoms with E-state index in [1.807, 2.05) is 30.3 Å². The van der Waals surface area contributed by atoms with Gasteiger partial charge in [0.25, 0.3) is 5.56 Å². The van der Waals surface area contributed by atoms with Crippen LogP contribution < -0.4 is 10.3 Å². The van der Waals surface area contributed by atoms with Crippen molar-refractivity contribution in [3.63, 3.8) is 0 Å². The van der Waals surface area contributed by atoms with Gasteiger partial charge in [0.1, 0.15) is 18.4 Å². The molecule has 1 aromatic carbocycles. The van der Waals surface area contributed by atoms with E-state index in [4.69, 9.17) is 4.74 Å². The summed E-state index contributed by atoms with van der Waals surface area (Å²) in [4.78, 5) is 23.4. The fourth-order valence-electron chi connectivity index (χ4n) is 1.91. The minimum atomic E-state index is -0.661. The largest absolute Gasteiger partial charge is 0.489 e. The molecule has 5 nitrogen and oxygen atoms in total. The Morgan fingerprint density at radius 2 is 1.95 bits per heavy atom. The maximum Gasteiger partial charge on any atom is 0.328 e. The molecule has 0 N–H and O–H groups in total. The summed E-state index contributed by atoms with van der Waals surface area (Å²) in [6.07, 6.45) is 1.53. The lowest BCUT2D eigenvalue weighted by Gasteiger charge is -2.13. The number of hydrogen-bond donors (Lipinski definition) is 0. The van der Waals surface area contributed by atoms with Gasteiger partial charge >= 0.3 is 5.97 Å². The van der Waals surface area contributed by atoms with Crippen molar-refractivity contribution in [3.8, 4) is 5.75 Å². The highest BCUT2D eigenvalue weighted by atomic mass is 16.5. The van der Waals surface area contributed by atoms with Crippen molar-refractivity contribution in [2.45, 2.75) is 19.6 Å². The van der Waals surface area contributed by atoms with Gasteiger partial charge in [0.05, 0.1) is 7.11 Å². The Hall–Kier alpha value is -2.56. The van der Waals surface area contributed by atoms with Crippen molar-refractivity contribution in [2.75, 3.05) is 7.11 Å². The van der Waals surface area contributed by atoms with Gasteiger partial charge in [-0.15, -0.1) is 0 Å². The minimum Gasteiger partial charge on any atom is -0.489 e. The van der Waals surface area contributed by atoms with Gasteiger partial charge in [-0.1, -0.05) is 30.3 Å². The molecule has 1 unspecified atom stereocenters. The average molecular weight is 287 g/mol. The normalized spacial score (nSPS) is 11.7. The van der Waals surface area contributed by atoms with Gasteiger partial charge in [-0.2, -0.15) is 0 Å². The molecule has 2 rings (SSSR count). The molecule has 0 bridgehead atoms. The Labute approximate surface area is 122 Å². The van der Waals surface area contributed by atoms with E-state index < -0.39 is 12.0 Å². The Bertz CT molecular complexity index is 663.